The number of allylic oxidation sites excluding steroid dienone is 5. The Labute approximate surface area is 220 Å². The Bertz CT molecular complexity index is 1480. The Morgan fingerprint density at radius 2 is 1.57 bits per heavy atom. The van der Waals surface area contributed by atoms with Gasteiger partial charge in [-0.05, 0) is 88.8 Å². The molecule has 0 radical (unpaired) electrons. The van der Waals surface area contributed by atoms with Crippen LogP contribution in [0.25, 0.3) is 28.3 Å². The summed E-state index contributed by atoms with van der Waals surface area (Å²) in [5.74, 6) is 2.33. The second-order valence-corrected chi connectivity index (χ2v) is 10.8. The normalized spacial score (nSPS) is 18.5. The lowest BCUT2D eigenvalue weighted by molar-refractivity contribution is 0.540. The van der Waals surface area contributed by atoms with Crippen molar-refractivity contribution in [3.8, 4) is 11.1 Å². The van der Waals surface area contributed by atoms with E-state index in [4.69, 9.17) is 4.42 Å². The fraction of sp³-hybridized carbons (Fsp3) is 0.222. The predicted octanol–water partition coefficient (Wildman–Crippen LogP) is 10.1. The van der Waals surface area contributed by atoms with E-state index in [0.29, 0.717) is 17.8 Å². The third-order valence-corrected chi connectivity index (χ3v) is 8.11. The van der Waals surface area contributed by atoms with Crippen molar-refractivity contribution < 1.29 is 4.42 Å². The average Bonchev–Trinajstić information content (AvgIpc) is 3.67. The molecule has 0 saturated heterocycles. The van der Waals surface area contributed by atoms with Gasteiger partial charge in [-0.3, -0.25) is 0 Å². The largest absolute Gasteiger partial charge is 0.465 e. The summed E-state index contributed by atoms with van der Waals surface area (Å²) in [5, 5.41) is 0. The summed E-state index contributed by atoms with van der Waals surface area (Å²) >= 11 is 0. The van der Waals surface area contributed by atoms with Crippen LogP contribution >= 0.6 is 0 Å². The lowest BCUT2D eigenvalue weighted by Crippen LogP contribution is -2.03. The molecule has 2 unspecified atom stereocenters. The number of benzene rings is 3. The molecule has 1 nitrogen and oxygen atoms in total. The molecule has 0 fully saturated rings. The minimum atomic E-state index is 0.331. The van der Waals surface area contributed by atoms with Crippen LogP contribution in [-0.2, 0) is 0 Å². The van der Waals surface area contributed by atoms with E-state index in [2.05, 4.69) is 118 Å². The van der Waals surface area contributed by atoms with E-state index in [-0.39, 0.29) is 0 Å². The van der Waals surface area contributed by atoms with Gasteiger partial charge in [0, 0.05) is 11.5 Å². The van der Waals surface area contributed by atoms with Gasteiger partial charge in [0.1, 0.15) is 5.76 Å². The third kappa shape index (κ3) is 4.55. The van der Waals surface area contributed by atoms with Crippen molar-refractivity contribution in [2.75, 3.05) is 0 Å². The summed E-state index contributed by atoms with van der Waals surface area (Å²) in [6.45, 7) is 6.77. The van der Waals surface area contributed by atoms with Gasteiger partial charge in [0.25, 0.3) is 0 Å². The van der Waals surface area contributed by atoms with E-state index in [1.165, 1.54) is 50.1 Å². The molecular weight excluding hydrogens is 448 g/mol. The van der Waals surface area contributed by atoms with Crippen molar-refractivity contribution in [1.29, 1.82) is 0 Å². The van der Waals surface area contributed by atoms with E-state index in [1.807, 2.05) is 6.07 Å². The van der Waals surface area contributed by atoms with Crippen molar-refractivity contribution in [3.63, 3.8) is 0 Å². The zero-order chi connectivity index (χ0) is 25.4. The second kappa shape index (κ2) is 9.90. The molecule has 184 valence electrons. The SMILES string of the molecule is CC1=CC(c2ccccc2)=CC1CCC1C(c2ccco2)=Cc2c(-c3ccc(C(C)C)cc3)cccc21. The second-order valence-electron chi connectivity index (χ2n) is 10.8. The van der Waals surface area contributed by atoms with Crippen molar-refractivity contribution >= 4 is 17.2 Å². The molecule has 0 N–H and O–H groups in total. The third-order valence-electron chi connectivity index (χ3n) is 8.11. The molecule has 0 amide bonds. The average molecular weight is 483 g/mol. The van der Waals surface area contributed by atoms with Crippen LogP contribution in [0.5, 0.6) is 0 Å². The van der Waals surface area contributed by atoms with Crippen molar-refractivity contribution in [2.24, 2.45) is 5.92 Å². The Hall–Kier alpha value is -3.84. The molecule has 3 aromatic carbocycles. The standard InChI is InChI=1S/C36H34O/c1-24(2)26-14-16-28(17-15-26)31-11-7-12-32-33(35(23-34(31)32)36-13-8-20-37-36)19-18-29-22-30(21-25(29)3)27-9-5-4-6-10-27/h4-17,20-24,29,33H,18-19H2,1-3H3. The highest BCUT2D eigenvalue weighted by Gasteiger charge is 2.30. The number of hydrogen-bond acceptors (Lipinski definition) is 1. The smallest absolute Gasteiger partial charge is 0.130 e. The Morgan fingerprint density at radius 3 is 2.30 bits per heavy atom. The number of rotatable bonds is 7. The summed E-state index contributed by atoms with van der Waals surface area (Å²) in [5.41, 5.74) is 12.1. The van der Waals surface area contributed by atoms with Crippen molar-refractivity contribution in [1.82, 2.24) is 0 Å². The monoisotopic (exact) mass is 482 g/mol. The maximum absolute atomic E-state index is 5.94. The van der Waals surface area contributed by atoms with Crippen molar-refractivity contribution in [3.05, 3.63) is 137 Å². The van der Waals surface area contributed by atoms with Gasteiger partial charge in [0.2, 0.25) is 0 Å². The first kappa shape index (κ1) is 23.6. The van der Waals surface area contributed by atoms with E-state index >= 15 is 0 Å². The molecule has 0 saturated carbocycles. The van der Waals surface area contributed by atoms with Gasteiger partial charge >= 0.3 is 0 Å². The van der Waals surface area contributed by atoms with Crippen LogP contribution in [0.4, 0.5) is 0 Å². The first-order valence-electron chi connectivity index (χ1n) is 13.5. The maximum Gasteiger partial charge on any atom is 0.130 e. The molecule has 1 heteroatoms. The molecule has 2 aliphatic rings. The lowest BCUT2D eigenvalue weighted by atomic mass is 9.85. The van der Waals surface area contributed by atoms with Crippen LogP contribution in [0.15, 0.2) is 113 Å². The highest BCUT2D eigenvalue weighted by atomic mass is 16.3. The first-order chi connectivity index (χ1) is 18.1. The van der Waals surface area contributed by atoms with Crippen molar-refractivity contribution in [2.45, 2.75) is 45.4 Å². The maximum atomic E-state index is 5.94. The van der Waals surface area contributed by atoms with E-state index in [0.717, 1.165) is 18.6 Å². The minimum Gasteiger partial charge on any atom is -0.465 e. The predicted molar refractivity (Wildman–Crippen MR) is 156 cm³/mol. The van der Waals surface area contributed by atoms with Crippen LogP contribution in [0.2, 0.25) is 0 Å². The lowest BCUT2D eigenvalue weighted by Gasteiger charge is -2.19. The summed E-state index contributed by atoms with van der Waals surface area (Å²) in [7, 11) is 0. The molecule has 2 aliphatic carbocycles. The van der Waals surface area contributed by atoms with Crippen LogP contribution in [0, 0.1) is 5.92 Å². The molecule has 0 bridgehead atoms. The number of hydrogen-bond donors (Lipinski definition) is 0. The van der Waals surface area contributed by atoms with Crippen LogP contribution in [0.1, 0.15) is 73.5 Å². The van der Waals surface area contributed by atoms with Gasteiger partial charge in [-0.2, -0.15) is 0 Å². The zero-order valence-corrected chi connectivity index (χ0v) is 21.9. The summed E-state index contributed by atoms with van der Waals surface area (Å²) in [4.78, 5) is 0. The van der Waals surface area contributed by atoms with Gasteiger partial charge < -0.3 is 4.42 Å². The van der Waals surface area contributed by atoms with Gasteiger partial charge in [-0.25, -0.2) is 0 Å². The molecule has 4 aromatic rings. The van der Waals surface area contributed by atoms with Crippen LogP contribution in [0.3, 0.4) is 0 Å². The molecule has 0 spiro atoms. The van der Waals surface area contributed by atoms with E-state index < -0.39 is 0 Å². The molecule has 2 atom stereocenters. The van der Waals surface area contributed by atoms with Gasteiger partial charge in [-0.15, -0.1) is 0 Å². The fourth-order valence-electron chi connectivity index (χ4n) is 5.98. The van der Waals surface area contributed by atoms with Gasteiger partial charge in [0.15, 0.2) is 0 Å². The highest BCUT2D eigenvalue weighted by Crippen LogP contribution is 2.48. The molecule has 1 heterocycles. The minimum absolute atomic E-state index is 0.331. The molecule has 1 aromatic heterocycles. The summed E-state index contributed by atoms with van der Waals surface area (Å²) in [6.07, 6.45) is 11.2. The van der Waals surface area contributed by atoms with Gasteiger partial charge in [-0.1, -0.05) is 104 Å². The van der Waals surface area contributed by atoms with E-state index in [1.54, 1.807) is 6.26 Å². The Morgan fingerprint density at radius 1 is 0.757 bits per heavy atom. The molecular formula is C36H34O. The summed E-state index contributed by atoms with van der Waals surface area (Å²) in [6, 6.07) is 30.8. The highest BCUT2D eigenvalue weighted by molar-refractivity contribution is 5.95. The summed E-state index contributed by atoms with van der Waals surface area (Å²) < 4.78 is 5.94. The fourth-order valence-corrected chi connectivity index (χ4v) is 5.98. The molecule has 6 rings (SSSR count). The van der Waals surface area contributed by atoms with E-state index in [9.17, 15) is 0 Å². The van der Waals surface area contributed by atoms with Crippen LogP contribution in [-0.4, -0.2) is 0 Å². The number of fused-ring (bicyclic) bond motifs is 1. The van der Waals surface area contributed by atoms with Gasteiger partial charge in [0.05, 0.1) is 6.26 Å². The molecule has 37 heavy (non-hydrogen) atoms. The Kier molecular flexibility index (Phi) is 6.30. The first-order valence-corrected chi connectivity index (χ1v) is 13.5. The Balaban J connectivity index is 1.31. The van der Waals surface area contributed by atoms with Crippen LogP contribution < -0.4 is 0 Å². The molecule has 0 aliphatic heterocycles. The zero-order valence-electron chi connectivity index (χ0n) is 21.9. The quantitative estimate of drug-likeness (QED) is 0.255. The topological polar surface area (TPSA) is 13.1 Å². The number of furan rings is 1.